The van der Waals surface area contributed by atoms with Crippen molar-refractivity contribution in [2.24, 2.45) is 5.92 Å². The van der Waals surface area contributed by atoms with E-state index in [9.17, 15) is 9.59 Å². The number of hydrogen-bond donors (Lipinski definition) is 2. The Bertz CT molecular complexity index is 673. The van der Waals surface area contributed by atoms with E-state index >= 15 is 0 Å². The minimum absolute atomic E-state index is 0.0714. The molecule has 0 radical (unpaired) electrons. The van der Waals surface area contributed by atoms with Crippen LogP contribution in [-0.2, 0) is 4.79 Å². The number of rotatable bonds is 10. The van der Waals surface area contributed by atoms with Crippen molar-refractivity contribution >= 4 is 11.9 Å². The molecule has 3 rings (SSSR count). The number of carboxylic acid groups (broad SMARTS) is 1. The molecule has 2 aliphatic carbocycles. The summed E-state index contributed by atoms with van der Waals surface area (Å²) >= 11 is 0. The van der Waals surface area contributed by atoms with E-state index in [-0.39, 0.29) is 30.6 Å². The highest BCUT2D eigenvalue weighted by Gasteiger charge is 2.38. The van der Waals surface area contributed by atoms with Crippen LogP contribution in [0.2, 0.25) is 0 Å². The zero-order valence-electron chi connectivity index (χ0n) is 16.6. The van der Waals surface area contributed by atoms with Crippen LogP contribution in [0.5, 0.6) is 0 Å². The van der Waals surface area contributed by atoms with Crippen LogP contribution in [0.15, 0.2) is 6.07 Å². The van der Waals surface area contributed by atoms with Crippen LogP contribution >= 0.6 is 0 Å². The predicted octanol–water partition coefficient (Wildman–Crippen LogP) is 2.61. The first-order valence-electron chi connectivity index (χ1n) is 10.2. The molecule has 2 aliphatic rings. The molecule has 27 heavy (non-hydrogen) atoms. The molecule has 1 aromatic rings. The summed E-state index contributed by atoms with van der Waals surface area (Å²) in [7, 11) is 0. The molecule has 1 aromatic heterocycles. The molecule has 1 heterocycles. The van der Waals surface area contributed by atoms with Crippen LogP contribution < -0.4 is 5.32 Å². The maximum absolute atomic E-state index is 12.8. The summed E-state index contributed by atoms with van der Waals surface area (Å²) in [6.07, 6.45) is 5.95. The Morgan fingerprint density at radius 3 is 2.56 bits per heavy atom. The molecule has 7 heteroatoms. The van der Waals surface area contributed by atoms with Crippen molar-refractivity contribution in [1.29, 1.82) is 0 Å². The third kappa shape index (κ3) is 4.89. The fourth-order valence-electron chi connectivity index (χ4n) is 4.01. The summed E-state index contributed by atoms with van der Waals surface area (Å²) in [4.78, 5) is 26.0. The van der Waals surface area contributed by atoms with Crippen molar-refractivity contribution < 1.29 is 14.7 Å². The van der Waals surface area contributed by atoms with Crippen LogP contribution in [0.1, 0.15) is 74.6 Å². The molecule has 7 nitrogen and oxygen atoms in total. The summed E-state index contributed by atoms with van der Waals surface area (Å²) in [6.45, 7) is 7.11. The van der Waals surface area contributed by atoms with E-state index in [1.165, 1.54) is 12.8 Å². The number of aromatic nitrogens is 2. The lowest BCUT2D eigenvalue weighted by molar-refractivity contribution is -0.139. The topological polar surface area (TPSA) is 87.5 Å². The lowest BCUT2D eigenvalue weighted by Crippen LogP contribution is -2.55. The number of hydrogen-bond acceptors (Lipinski definition) is 4. The minimum Gasteiger partial charge on any atom is -0.480 e. The van der Waals surface area contributed by atoms with Crippen LogP contribution in [-0.4, -0.2) is 56.8 Å². The molecule has 0 saturated heterocycles. The molecule has 1 amide bonds. The quantitative estimate of drug-likeness (QED) is 0.655. The largest absolute Gasteiger partial charge is 0.480 e. The van der Waals surface area contributed by atoms with Gasteiger partial charge in [-0.2, -0.15) is 5.10 Å². The van der Waals surface area contributed by atoms with Gasteiger partial charge in [0.15, 0.2) is 0 Å². The van der Waals surface area contributed by atoms with E-state index in [2.05, 4.69) is 29.2 Å². The van der Waals surface area contributed by atoms with Gasteiger partial charge in [-0.1, -0.05) is 13.8 Å². The number of carbonyl (C=O) groups is 2. The number of carboxylic acids is 1. The maximum Gasteiger partial charge on any atom is 0.317 e. The highest BCUT2D eigenvalue weighted by atomic mass is 16.4. The van der Waals surface area contributed by atoms with Gasteiger partial charge in [0.1, 0.15) is 5.69 Å². The van der Waals surface area contributed by atoms with Crippen molar-refractivity contribution in [3.05, 3.63) is 17.5 Å². The average molecular weight is 377 g/mol. The molecule has 2 saturated carbocycles. The Hall–Kier alpha value is -1.89. The Kier molecular flexibility index (Phi) is 6.19. The monoisotopic (exact) mass is 376 g/mol. The molecule has 150 valence electrons. The molecular formula is C20H32N4O3. The summed E-state index contributed by atoms with van der Waals surface area (Å²) in [5.41, 5.74) is 1.49. The third-order valence-electron chi connectivity index (χ3n) is 5.87. The van der Waals surface area contributed by atoms with Gasteiger partial charge in [0.05, 0.1) is 18.3 Å². The van der Waals surface area contributed by atoms with Gasteiger partial charge in [0.25, 0.3) is 5.91 Å². The molecule has 0 aromatic carbocycles. The van der Waals surface area contributed by atoms with Gasteiger partial charge in [-0.15, -0.1) is 0 Å². The van der Waals surface area contributed by atoms with E-state index in [0.717, 1.165) is 37.9 Å². The smallest absolute Gasteiger partial charge is 0.317 e. The normalized spacial score (nSPS) is 22.1. The number of nitrogens with zero attached hydrogens (tertiary/aromatic N) is 3. The lowest BCUT2D eigenvalue weighted by atomic mass is 9.85. The zero-order chi connectivity index (χ0) is 19.6. The molecule has 0 atom stereocenters. The Morgan fingerprint density at radius 1 is 1.33 bits per heavy atom. The fraction of sp³-hybridized carbons (Fsp3) is 0.750. The van der Waals surface area contributed by atoms with Crippen LogP contribution in [0.25, 0.3) is 0 Å². The number of aliphatic carboxylic acids is 1. The molecule has 2 fully saturated rings. The Morgan fingerprint density at radius 2 is 2.00 bits per heavy atom. The Balaban J connectivity index is 1.56. The second-order valence-electron chi connectivity index (χ2n) is 8.15. The molecule has 0 aliphatic heterocycles. The number of nitrogens with one attached hydrogen (secondary N) is 1. The van der Waals surface area contributed by atoms with Crippen LogP contribution in [0.4, 0.5) is 0 Å². The number of aryl methyl sites for hydroxylation is 1. The summed E-state index contributed by atoms with van der Waals surface area (Å²) in [6, 6.07) is 2.47. The second kappa shape index (κ2) is 8.42. The first-order chi connectivity index (χ1) is 12.9. The summed E-state index contributed by atoms with van der Waals surface area (Å²) in [5.74, 6) is -0.180. The van der Waals surface area contributed by atoms with E-state index in [1.54, 1.807) is 0 Å². The van der Waals surface area contributed by atoms with Crippen molar-refractivity contribution in [2.75, 3.05) is 13.1 Å². The van der Waals surface area contributed by atoms with E-state index in [1.807, 2.05) is 17.7 Å². The Labute approximate surface area is 161 Å². The summed E-state index contributed by atoms with van der Waals surface area (Å²) in [5, 5.41) is 16.8. The van der Waals surface area contributed by atoms with Crippen LogP contribution in [0, 0.1) is 12.8 Å². The molecule has 0 unspecified atom stereocenters. The van der Waals surface area contributed by atoms with Gasteiger partial charge in [-0.3, -0.25) is 19.2 Å². The molecule has 0 spiro atoms. The van der Waals surface area contributed by atoms with E-state index in [0.29, 0.717) is 11.6 Å². The highest BCUT2D eigenvalue weighted by molar-refractivity contribution is 5.93. The van der Waals surface area contributed by atoms with Gasteiger partial charge in [-0.25, -0.2) is 0 Å². The van der Waals surface area contributed by atoms with E-state index < -0.39 is 5.97 Å². The molecule has 0 bridgehead atoms. The predicted molar refractivity (Wildman–Crippen MR) is 103 cm³/mol. The van der Waals surface area contributed by atoms with Gasteiger partial charge >= 0.3 is 5.97 Å². The fourth-order valence-corrected chi connectivity index (χ4v) is 4.01. The van der Waals surface area contributed by atoms with Gasteiger partial charge in [0.2, 0.25) is 0 Å². The second-order valence-corrected chi connectivity index (χ2v) is 8.15. The highest BCUT2D eigenvalue weighted by Crippen LogP contribution is 2.34. The van der Waals surface area contributed by atoms with Gasteiger partial charge in [0, 0.05) is 18.6 Å². The standard InChI is InChI=1S/C20H32N4O3/c1-4-16(5-2)24-18(8-13(3)22-24)20(27)21-15-9-17(10-15)23(12-19(25)26)11-14-6-7-14/h8,14-17H,4-7,9-12H2,1-3H3,(H,21,27)(H,25,26). The molecular weight excluding hydrogens is 344 g/mol. The van der Waals surface area contributed by atoms with Crippen LogP contribution in [0.3, 0.4) is 0 Å². The first kappa shape index (κ1) is 19.9. The van der Waals surface area contributed by atoms with Crippen molar-refractivity contribution in [3.63, 3.8) is 0 Å². The SMILES string of the molecule is CCC(CC)n1nc(C)cc1C(=O)NC1CC(N(CC(=O)O)CC2CC2)C1. The number of amides is 1. The number of carbonyl (C=O) groups excluding carboxylic acids is 1. The molecule has 2 N–H and O–H groups in total. The van der Waals surface area contributed by atoms with E-state index in [4.69, 9.17) is 5.11 Å². The minimum atomic E-state index is -0.771. The van der Waals surface area contributed by atoms with Crippen molar-refractivity contribution in [1.82, 2.24) is 20.0 Å². The summed E-state index contributed by atoms with van der Waals surface area (Å²) < 4.78 is 1.87. The average Bonchev–Trinajstić information content (AvgIpc) is 3.30. The van der Waals surface area contributed by atoms with Crippen molar-refractivity contribution in [2.45, 2.75) is 77.4 Å². The lowest BCUT2D eigenvalue weighted by Gasteiger charge is -2.42. The van der Waals surface area contributed by atoms with Gasteiger partial charge < -0.3 is 10.4 Å². The third-order valence-corrected chi connectivity index (χ3v) is 5.87. The van der Waals surface area contributed by atoms with Gasteiger partial charge in [-0.05, 0) is 57.4 Å². The maximum atomic E-state index is 12.8. The first-order valence-corrected chi connectivity index (χ1v) is 10.2. The zero-order valence-corrected chi connectivity index (χ0v) is 16.6. The van der Waals surface area contributed by atoms with Crippen molar-refractivity contribution in [3.8, 4) is 0 Å².